The maximum Gasteiger partial charge on any atom is 0.266 e. The second-order valence-electron chi connectivity index (χ2n) is 4.55. The Hall–Kier alpha value is -0.630. The highest BCUT2D eigenvalue weighted by molar-refractivity contribution is 14.1. The van der Waals surface area contributed by atoms with Crippen molar-refractivity contribution in [1.29, 1.82) is 0 Å². The lowest BCUT2D eigenvalue weighted by Gasteiger charge is -2.40. The summed E-state index contributed by atoms with van der Waals surface area (Å²) in [6.45, 7) is 3.79. The summed E-state index contributed by atoms with van der Waals surface area (Å²) >= 11 is 2.04. The first kappa shape index (κ1) is 12.8. The number of aromatic amines is 1. The van der Waals surface area contributed by atoms with E-state index in [1.807, 2.05) is 22.6 Å². The Morgan fingerprint density at radius 3 is 3.12 bits per heavy atom. The molecule has 1 atom stereocenters. The molecular formula is C11H16IN3O2. The smallest absolute Gasteiger partial charge is 0.266 e. The van der Waals surface area contributed by atoms with E-state index >= 15 is 0 Å². The monoisotopic (exact) mass is 349 g/mol. The molecule has 1 aliphatic rings. The van der Waals surface area contributed by atoms with Crippen LogP contribution in [0.2, 0.25) is 0 Å². The lowest BCUT2D eigenvalue weighted by molar-refractivity contribution is -0.00485. The van der Waals surface area contributed by atoms with Crippen LogP contribution in [-0.2, 0) is 4.74 Å². The second kappa shape index (κ2) is 4.93. The number of H-pyrrole nitrogens is 1. The minimum Gasteiger partial charge on any atom is -0.377 e. The second-order valence-corrected chi connectivity index (χ2v) is 5.63. The predicted molar refractivity (Wildman–Crippen MR) is 74.4 cm³/mol. The van der Waals surface area contributed by atoms with Crippen molar-refractivity contribution in [1.82, 2.24) is 9.97 Å². The number of nitrogens with zero attached hydrogens (tertiary/aromatic N) is 2. The highest BCUT2D eigenvalue weighted by atomic mass is 127. The van der Waals surface area contributed by atoms with Gasteiger partial charge < -0.3 is 14.6 Å². The summed E-state index contributed by atoms with van der Waals surface area (Å²) in [5.41, 5.74) is -0.230. The van der Waals surface area contributed by atoms with Crippen molar-refractivity contribution in [2.75, 3.05) is 25.1 Å². The lowest BCUT2D eigenvalue weighted by atomic mass is 9.95. The van der Waals surface area contributed by atoms with E-state index < -0.39 is 0 Å². The molecule has 94 valence electrons. The van der Waals surface area contributed by atoms with Gasteiger partial charge in [0.15, 0.2) is 0 Å². The molecule has 0 aromatic carbocycles. The van der Waals surface area contributed by atoms with Gasteiger partial charge in [0.05, 0.1) is 11.9 Å². The molecule has 17 heavy (non-hydrogen) atoms. The first-order valence-electron chi connectivity index (χ1n) is 5.59. The normalized spacial score (nSPS) is 25.0. The van der Waals surface area contributed by atoms with Crippen molar-refractivity contribution >= 4 is 28.4 Å². The largest absolute Gasteiger partial charge is 0.377 e. The maximum absolute atomic E-state index is 11.6. The molecule has 1 aromatic rings. The molecule has 1 aromatic heterocycles. The zero-order valence-corrected chi connectivity index (χ0v) is 12.2. The number of nitrogens with one attached hydrogen (secondary N) is 1. The van der Waals surface area contributed by atoms with Gasteiger partial charge in [-0.25, -0.2) is 4.98 Å². The summed E-state index contributed by atoms with van der Waals surface area (Å²) in [5, 5.41) is 0. The molecule has 6 heteroatoms. The molecule has 1 fully saturated rings. The van der Waals surface area contributed by atoms with Gasteiger partial charge in [0.1, 0.15) is 9.39 Å². The molecule has 0 bridgehead atoms. The maximum atomic E-state index is 11.6. The van der Waals surface area contributed by atoms with Gasteiger partial charge in [0, 0.05) is 20.2 Å². The van der Waals surface area contributed by atoms with Crippen molar-refractivity contribution in [3.63, 3.8) is 0 Å². The number of hydrogen-bond acceptors (Lipinski definition) is 4. The van der Waals surface area contributed by atoms with Crippen molar-refractivity contribution < 1.29 is 4.74 Å². The molecule has 2 rings (SSSR count). The van der Waals surface area contributed by atoms with Crippen LogP contribution in [0, 0.1) is 3.57 Å². The molecule has 1 N–H and O–H groups in total. The molecule has 0 aliphatic carbocycles. The fourth-order valence-electron chi connectivity index (χ4n) is 2.15. The van der Waals surface area contributed by atoms with E-state index in [1.54, 1.807) is 7.11 Å². The van der Waals surface area contributed by atoms with E-state index in [0.29, 0.717) is 3.57 Å². The zero-order valence-electron chi connectivity index (χ0n) is 9.99. The van der Waals surface area contributed by atoms with Crippen LogP contribution >= 0.6 is 22.6 Å². The number of ether oxygens (including phenoxy) is 1. The third-order valence-corrected chi connectivity index (χ3v) is 4.20. The van der Waals surface area contributed by atoms with Crippen molar-refractivity contribution in [2.45, 2.75) is 25.4 Å². The molecule has 0 radical (unpaired) electrons. The fourth-order valence-corrected chi connectivity index (χ4v) is 2.78. The summed E-state index contributed by atoms with van der Waals surface area (Å²) in [6.07, 6.45) is 3.55. The number of methoxy groups -OCH3 is 1. The first-order chi connectivity index (χ1) is 8.06. The summed E-state index contributed by atoms with van der Waals surface area (Å²) in [7, 11) is 1.74. The molecular weight excluding hydrogens is 333 g/mol. The van der Waals surface area contributed by atoms with E-state index in [0.717, 1.165) is 31.7 Å². The number of piperidine rings is 1. The predicted octanol–water partition coefficient (Wildman–Crippen LogP) is 1.38. The van der Waals surface area contributed by atoms with Crippen LogP contribution in [0.25, 0.3) is 0 Å². The van der Waals surface area contributed by atoms with Gasteiger partial charge in [-0.1, -0.05) is 0 Å². The first-order valence-corrected chi connectivity index (χ1v) is 6.67. The summed E-state index contributed by atoms with van der Waals surface area (Å²) in [6, 6.07) is 0. The molecule has 1 aliphatic heterocycles. The third kappa shape index (κ3) is 2.62. The fraction of sp³-hybridized carbons (Fsp3) is 0.636. The Bertz CT molecular complexity index is 462. The van der Waals surface area contributed by atoms with Gasteiger partial charge in [-0.15, -0.1) is 0 Å². The highest BCUT2D eigenvalue weighted by Gasteiger charge is 2.32. The van der Waals surface area contributed by atoms with E-state index in [4.69, 9.17) is 4.74 Å². The Balaban J connectivity index is 2.28. The Kier molecular flexibility index (Phi) is 3.72. The number of rotatable bonds is 2. The highest BCUT2D eigenvalue weighted by Crippen LogP contribution is 2.27. The molecule has 1 unspecified atom stereocenters. The minimum atomic E-state index is -0.147. The SMILES string of the molecule is COC1(C)CCCN(c2nc[nH]c(=O)c2I)C1. The molecule has 0 spiro atoms. The quantitative estimate of drug-likeness (QED) is 0.820. The van der Waals surface area contributed by atoms with E-state index in [9.17, 15) is 4.79 Å². The van der Waals surface area contributed by atoms with Crippen LogP contribution in [0.5, 0.6) is 0 Å². The van der Waals surface area contributed by atoms with Gasteiger partial charge >= 0.3 is 0 Å². The summed E-state index contributed by atoms with van der Waals surface area (Å²) in [4.78, 5) is 20.5. The molecule has 5 nitrogen and oxygen atoms in total. The topological polar surface area (TPSA) is 58.2 Å². The summed E-state index contributed by atoms with van der Waals surface area (Å²) < 4.78 is 6.19. The molecule has 2 heterocycles. The van der Waals surface area contributed by atoms with Crippen LogP contribution < -0.4 is 10.5 Å². The zero-order chi connectivity index (χ0) is 12.5. The van der Waals surface area contributed by atoms with Crippen molar-refractivity contribution in [3.05, 3.63) is 20.3 Å². The van der Waals surface area contributed by atoms with E-state index in [2.05, 4.69) is 21.8 Å². The average Bonchev–Trinajstić information content (AvgIpc) is 2.33. The van der Waals surface area contributed by atoms with Gasteiger partial charge in [-0.3, -0.25) is 4.79 Å². The van der Waals surface area contributed by atoms with Gasteiger partial charge in [-0.05, 0) is 42.4 Å². The average molecular weight is 349 g/mol. The summed E-state index contributed by atoms with van der Waals surface area (Å²) in [5.74, 6) is 0.761. The Labute approximate surface area is 114 Å². The number of halogens is 1. The lowest BCUT2D eigenvalue weighted by Crippen LogP contribution is -2.48. The molecule has 1 saturated heterocycles. The van der Waals surface area contributed by atoms with Crippen LogP contribution in [0.3, 0.4) is 0 Å². The number of aromatic nitrogens is 2. The molecule has 0 saturated carbocycles. The number of hydrogen-bond donors (Lipinski definition) is 1. The third-order valence-electron chi connectivity index (χ3n) is 3.23. The van der Waals surface area contributed by atoms with E-state index in [-0.39, 0.29) is 11.2 Å². The van der Waals surface area contributed by atoms with Crippen LogP contribution in [0.15, 0.2) is 11.1 Å². The number of anilines is 1. The van der Waals surface area contributed by atoms with Crippen molar-refractivity contribution in [2.24, 2.45) is 0 Å². The van der Waals surface area contributed by atoms with E-state index in [1.165, 1.54) is 6.33 Å². The van der Waals surface area contributed by atoms with Crippen LogP contribution in [0.1, 0.15) is 19.8 Å². The van der Waals surface area contributed by atoms with Gasteiger partial charge in [-0.2, -0.15) is 0 Å². The Morgan fingerprint density at radius 2 is 2.41 bits per heavy atom. The van der Waals surface area contributed by atoms with Crippen molar-refractivity contribution in [3.8, 4) is 0 Å². The van der Waals surface area contributed by atoms with Gasteiger partial charge in [0.25, 0.3) is 5.56 Å². The Morgan fingerprint density at radius 1 is 1.65 bits per heavy atom. The van der Waals surface area contributed by atoms with Crippen LogP contribution in [0.4, 0.5) is 5.82 Å². The van der Waals surface area contributed by atoms with Gasteiger partial charge in [0.2, 0.25) is 0 Å². The van der Waals surface area contributed by atoms with Crippen LogP contribution in [-0.4, -0.2) is 35.8 Å². The standard InChI is InChI=1S/C11H16IN3O2/c1-11(17-2)4-3-5-15(6-11)9-8(12)10(16)14-7-13-9/h7H,3-6H2,1-2H3,(H,13,14,16). The minimum absolute atomic E-state index is 0.0831. The molecule has 0 amide bonds.